The third-order valence-corrected chi connectivity index (χ3v) is 1.63. The van der Waals surface area contributed by atoms with Crippen molar-refractivity contribution in [1.82, 2.24) is 5.32 Å². The van der Waals surface area contributed by atoms with Crippen LogP contribution in [0.1, 0.15) is 26.3 Å². The number of nitrogens with two attached hydrogens (primary N) is 1. The van der Waals surface area contributed by atoms with Gasteiger partial charge in [0, 0.05) is 18.8 Å². The Bertz CT molecular complexity index is 275. The Labute approximate surface area is 99.6 Å². The largest absolute Gasteiger partial charge is 0.384 e. The molecular weight excluding hydrogens is 196 g/mol. The van der Waals surface area contributed by atoms with Crippen LogP contribution < -0.4 is 11.1 Å². The Kier molecular flexibility index (Phi) is 8.26. The minimum Gasteiger partial charge on any atom is -0.384 e. The standard InChI is InChI=1S/C10H14N2.C4H10/c1-9(7-11)12-8-10-5-3-2-4-6-10;1-4(2)3/h2-6,12H,1,7-8,11H2;4H,1-3H3. The summed E-state index contributed by atoms with van der Waals surface area (Å²) < 4.78 is 0. The smallest absolute Gasteiger partial charge is 0.0398 e. The summed E-state index contributed by atoms with van der Waals surface area (Å²) in [6, 6.07) is 10.2. The lowest BCUT2D eigenvalue weighted by atomic mass is 10.2. The van der Waals surface area contributed by atoms with Crippen molar-refractivity contribution in [1.29, 1.82) is 0 Å². The molecular formula is C14H24N2. The highest BCUT2D eigenvalue weighted by Crippen LogP contribution is 1.97. The van der Waals surface area contributed by atoms with Crippen LogP contribution in [0.2, 0.25) is 0 Å². The van der Waals surface area contributed by atoms with E-state index >= 15 is 0 Å². The lowest BCUT2D eigenvalue weighted by Crippen LogP contribution is -2.18. The van der Waals surface area contributed by atoms with E-state index < -0.39 is 0 Å². The second-order valence-electron chi connectivity index (χ2n) is 4.38. The van der Waals surface area contributed by atoms with Gasteiger partial charge < -0.3 is 11.1 Å². The van der Waals surface area contributed by atoms with Gasteiger partial charge in [0.2, 0.25) is 0 Å². The molecule has 1 aromatic carbocycles. The van der Waals surface area contributed by atoms with Gasteiger partial charge in [0.1, 0.15) is 0 Å². The molecule has 1 rings (SSSR count). The van der Waals surface area contributed by atoms with E-state index in [1.165, 1.54) is 5.56 Å². The van der Waals surface area contributed by atoms with Crippen LogP contribution >= 0.6 is 0 Å². The Hall–Kier alpha value is -1.28. The summed E-state index contributed by atoms with van der Waals surface area (Å²) in [4.78, 5) is 0. The molecule has 0 aromatic heterocycles. The van der Waals surface area contributed by atoms with Crippen LogP contribution in [-0.4, -0.2) is 6.54 Å². The van der Waals surface area contributed by atoms with E-state index in [2.05, 4.69) is 44.8 Å². The molecule has 0 unspecified atom stereocenters. The molecule has 2 nitrogen and oxygen atoms in total. The molecule has 0 saturated heterocycles. The number of nitrogens with one attached hydrogen (secondary N) is 1. The van der Waals surface area contributed by atoms with Gasteiger partial charge in [0.25, 0.3) is 0 Å². The predicted molar refractivity (Wildman–Crippen MR) is 72.0 cm³/mol. The molecule has 0 atom stereocenters. The molecule has 90 valence electrons. The van der Waals surface area contributed by atoms with Crippen LogP contribution in [0.4, 0.5) is 0 Å². The van der Waals surface area contributed by atoms with E-state index in [1.54, 1.807) is 0 Å². The van der Waals surface area contributed by atoms with E-state index in [4.69, 9.17) is 5.73 Å². The first-order valence-corrected chi connectivity index (χ1v) is 5.72. The van der Waals surface area contributed by atoms with Crippen molar-refractivity contribution < 1.29 is 0 Å². The topological polar surface area (TPSA) is 38.0 Å². The van der Waals surface area contributed by atoms with Crippen molar-refractivity contribution in [2.75, 3.05) is 6.54 Å². The van der Waals surface area contributed by atoms with E-state index in [-0.39, 0.29) is 0 Å². The van der Waals surface area contributed by atoms with Crippen LogP contribution in [-0.2, 0) is 6.54 Å². The second kappa shape index (κ2) is 8.98. The first-order valence-electron chi connectivity index (χ1n) is 5.72. The third kappa shape index (κ3) is 9.28. The molecule has 3 N–H and O–H groups in total. The Balaban J connectivity index is 0.000000487. The molecule has 1 aromatic rings. The highest BCUT2D eigenvalue weighted by molar-refractivity contribution is 5.15. The molecule has 0 aliphatic rings. The van der Waals surface area contributed by atoms with Crippen LogP contribution in [0.15, 0.2) is 42.6 Å². The van der Waals surface area contributed by atoms with Gasteiger partial charge in [0.05, 0.1) is 0 Å². The lowest BCUT2D eigenvalue weighted by Gasteiger charge is -2.06. The number of hydrogen-bond acceptors (Lipinski definition) is 2. The minimum atomic E-state index is 0.493. The Morgan fingerprint density at radius 1 is 1.25 bits per heavy atom. The van der Waals surface area contributed by atoms with Crippen LogP contribution in [0.5, 0.6) is 0 Å². The summed E-state index contributed by atoms with van der Waals surface area (Å²) in [5.74, 6) is 0.833. The zero-order valence-electron chi connectivity index (χ0n) is 10.7. The van der Waals surface area contributed by atoms with Crippen molar-refractivity contribution >= 4 is 0 Å². The maximum absolute atomic E-state index is 5.37. The predicted octanol–water partition coefficient (Wildman–Crippen LogP) is 2.91. The van der Waals surface area contributed by atoms with E-state index in [0.29, 0.717) is 6.54 Å². The van der Waals surface area contributed by atoms with Crippen LogP contribution in [0, 0.1) is 5.92 Å². The normalized spacial score (nSPS) is 9.31. The van der Waals surface area contributed by atoms with Gasteiger partial charge in [-0.15, -0.1) is 0 Å². The molecule has 0 fully saturated rings. The molecule has 0 amide bonds. The fraction of sp³-hybridized carbons (Fsp3) is 0.429. The highest BCUT2D eigenvalue weighted by Gasteiger charge is 1.90. The average molecular weight is 220 g/mol. The summed E-state index contributed by atoms with van der Waals surface area (Å²) in [6.45, 7) is 11.5. The molecule has 2 heteroatoms. The molecule has 0 radical (unpaired) electrons. The SMILES string of the molecule is C=C(CN)NCc1ccccc1.CC(C)C. The van der Waals surface area contributed by atoms with Gasteiger partial charge in [-0.05, 0) is 11.5 Å². The van der Waals surface area contributed by atoms with Gasteiger partial charge in [-0.1, -0.05) is 57.7 Å². The van der Waals surface area contributed by atoms with Crippen molar-refractivity contribution in [2.24, 2.45) is 11.7 Å². The quantitative estimate of drug-likeness (QED) is 0.819. The molecule has 0 aliphatic heterocycles. The number of hydrogen-bond donors (Lipinski definition) is 2. The van der Waals surface area contributed by atoms with Gasteiger partial charge >= 0.3 is 0 Å². The Morgan fingerprint density at radius 3 is 2.19 bits per heavy atom. The van der Waals surface area contributed by atoms with Gasteiger partial charge in [0.15, 0.2) is 0 Å². The number of benzene rings is 1. The molecule has 0 spiro atoms. The fourth-order valence-electron chi connectivity index (χ4n) is 0.895. The van der Waals surface area contributed by atoms with Crippen molar-refractivity contribution in [2.45, 2.75) is 27.3 Å². The third-order valence-electron chi connectivity index (χ3n) is 1.63. The van der Waals surface area contributed by atoms with Crippen molar-refractivity contribution in [3.8, 4) is 0 Å². The Morgan fingerprint density at radius 2 is 1.75 bits per heavy atom. The lowest BCUT2D eigenvalue weighted by molar-refractivity contribution is 0.737. The van der Waals surface area contributed by atoms with Crippen molar-refractivity contribution in [3.05, 3.63) is 48.2 Å². The fourth-order valence-corrected chi connectivity index (χ4v) is 0.895. The van der Waals surface area contributed by atoms with E-state index in [9.17, 15) is 0 Å². The van der Waals surface area contributed by atoms with Crippen LogP contribution in [0.25, 0.3) is 0 Å². The second-order valence-corrected chi connectivity index (χ2v) is 4.38. The zero-order chi connectivity index (χ0) is 12.4. The summed E-state index contributed by atoms with van der Waals surface area (Å²) >= 11 is 0. The summed E-state index contributed by atoms with van der Waals surface area (Å²) in [5.41, 5.74) is 7.49. The van der Waals surface area contributed by atoms with E-state index in [1.807, 2.05) is 18.2 Å². The minimum absolute atomic E-state index is 0.493. The van der Waals surface area contributed by atoms with Crippen LogP contribution in [0.3, 0.4) is 0 Å². The van der Waals surface area contributed by atoms with Crippen molar-refractivity contribution in [3.63, 3.8) is 0 Å². The van der Waals surface area contributed by atoms with Gasteiger partial charge in [-0.2, -0.15) is 0 Å². The monoisotopic (exact) mass is 220 g/mol. The molecule has 16 heavy (non-hydrogen) atoms. The molecule has 0 heterocycles. The molecule has 0 saturated carbocycles. The zero-order valence-corrected chi connectivity index (χ0v) is 10.7. The molecule has 0 aliphatic carbocycles. The average Bonchev–Trinajstić information content (AvgIpc) is 2.26. The summed E-state index contributed by atoms with van der Waals surface area (Å²) in [5, 5.41) is 3.13. The first-order chi connectivity index (χ1) is 7.56. The molecule has 0 bridgehead atoms. The maximum Gasteiger partial charge on any atom is 0.0398 e. The van der Waals surface area contributed by atoms with E-state index in [0.717, 1.165) is 18.2 Å². The maximum atomic E-state index is 5.37. The van der Waals surface area contributed by atoms with Gasteiger partial charge in [-0.25, -0.2) is 0 Å². The highest BCUT2D eigenvalue weighted by atomic mass is 14.9. The first kappa shape index (κ1) is 14.7. The summed E-state index contributed by atoms with van der Waals surface area (Å²) in [6.07, 6.45) is 0. The van der Waals surface area contributed by atoms with Gasteiger partial charge in [-0.3, -0.25) is 0 Å². The summed E-state index contributed by atoms with van der Waals surface area (Å²) in [7, 11) is 0. The number of rotatable bonds is 4.